The number of amidine groups is 1. The van der Waals surface area contributed by atoms with Gasteiger partial charge in [-0.25, -0.2) is 0 Å². The van der Waals surface area contributed by atoms with Gasteiger partial charge in [-0.15, -0.1) is 11.3 Å². The summed E-state index contributed by atoms with van der Waals surface area (Å²) in [5.41, 5.74) is 1.39. The van der Waals surface area contributed by atoms with Gasteiger partial charge in [0.05, 0.1) is 6.54 Å². The van der Waals surface area contributed by atoms with Gasteiger partial charge in [-0.2, -0.15) is 0 Å². The normalized spacial score (nSPS) is 27.2. The van der Waals surface area contributed by atoms with Crippen LogP contribution in [-0.2, 0) is 6.54 Å². The second-order valence-electron chi connectivity index (χ2n) is 4.78. The van der Waals surface area contributed by atoms with Crippen LogP contribution in [0.1, 0.15) is 35.6 Å². The lowest BCUT2D eigenvalue weighted by Crippen LogP contribution is -2.38. The van der Waals surface area contributed by atoms with Crippen molar-refractivity contribution in [2.75, 3.05) is 0 Å². The van der Waals surface area contributed by atoms with E-state index in [0.29, 0.717) is 11.3 Å². The molecule has 1 N–H and O–H groups in total. The maximum Gasteiger partial charge on any atom is 0.157 e. The highest BCUT2D eigenvalue weighted by Gasteiger charge is 2.19. The molecule has 0 spiro atoms. The molecule has 2 rings (SSSR count). The predicted molar refractivity (Wildman–Crippen MR) is 79.2 cm³/mol. The summed E-state index contributed by atoms with van der Waals surface area (Å²) in [4.78, 5) is 7.46. The molecule has 94 valence electrons. The molecule has 0 aromatic carbocycles. The SMILES string of the molecule is Cc1cc(CN=C2NC(C)CC(C)S2)sc1C. The highest BCUT2D eigenvalue weighted by Crippen LogP contribution is 2.24. The number of nitrogens with zero attached hydrogens (tertiary/aromatic N) is 1. The summed E-state index contributed by atoms with van der Waals surface area (Å²) < 4.78 is 0. The molecule has 2 unspecified atom stereocenters. The second kappa shape index (κ2) is 5.44. The van der Waals surface area contributed by atoms with E-state index in [0.717, 1.165) is 11.7 Å². The standard InChI is InChI=1S/C13H20N2S2/c1-8-5-12(17-11(8)4)7-14-13-15-9(2)6-10(3)16-13/h5,9-10H,6-7H2,1-4H3,(H,14,15). The molecule has 1 aliphatic heterocycles. The van der Waals surface area contributed by atoms with Crippen molar-refractivity contribution in [2.45, 2.75) is 52.0 Å². The van der Waals surface area contributed by atoms with Gasteiger partial charge in [0.1, 0.15) is 0 Å². The Hall–Kier alpha value is -0.480. The van der Waals surface area contributed by atoms with Gasteiger partial charge in [0.25, 0.3) is 0 Å². The van der Waals surface area contributed by atoms with Crippen molar-refractivity contribution in [3.8, 4) is 0 Å². The third kappa shape index (κ3) is 3.49. The third-order valence-corrected chi connectivity index (χ3v) is 5.17. The first-order chi connectivity index (χ1) is 8.04. The minimum absolute atomic E-state index is 0.553. The van der Waals surface area contributed by atoms with Crippen LogP contribution < -0.4 is 5.32 Å². The zero-order valence-corrected chi connectivity index (χ0v) is 12.5. The molecule has 0 aliphatic carbocycles. The van der Waals surface area contributed by atoms with E-state index >= 15 is 0 Å². The summed E-state index contributed by atoms with van der Waals surface area (Å²) in [5.74, 6) is 0. The van der Waals surface area contributed by atoms with E-state index in [4.69, 9.17) is 0 Å². The first kappa shape index (κ1) is 13.0. The number of thiophene rings is 1. The topological polar surface area (TPSA) is 24.4 Å². The van der Waals surface area contributed by atoms with Crippen LogP contribution in [-0.4, -0.2) is 16.5 Å². The quantitative estimate of drug-likeness (QED) is 0.884. The van der Waals surface area contributed by atoms with Crippen LogP contribution in [0.3, 0.4) is 0 Å². The largest absolute Gasteiger partial charge is 0.362 e. The van der Waals surface area contributed by atoms with E-state index < -0.39 is 0 Å². The molecule has 17 heavy (non-hydrogen) atoms. The number of aliphatic imine (C=N–C) groups is 1. The van der Waals surface area contributed by atoms with Gasteiger partial charge in [-0.1, -0.05) is 18.7 Å². The number of hydrogen-bond donors (Lipinski definition) is 1. The van der Waals surface area contributed by atoms with Crippen LogP contribution in [0.4, 0.5) is 0 Å². The number of nitrogens with one attached hydrogen (secondary N) is 1. The fourth-order valence-corrected chi connectivity index (χ4v) is 4.15. The van der Waals surface area contributed by atoms with Crippen LogP contribution >= 0.6 is 23.1 Å². The predicted octanol–water partition coefficient (Wildman–Crippen LogP) is 3.72. The lowest BCUT2D eigenvalue weighted by Gasteiger charge is -2.26. The molecule has 1 saturated heterocycles. The molecule has 0 saturated carbocycles. The maximum atomic E-state index is 4.69. The number of thioether (sulfide) groups is 1. The minimum atomic E-state index is 0.553. The molecule has 2 heterocycles. The monoisotopic (exact) mass is 268 g/mol. The van der Waals surface area contributed by atoms with Gasteiger partial charge >= 0.3 is 0 Å². The van der Waals surface area contributed by atoms with E-state index in [1.54, 1.807) is 0 Å². The fourth-order valence-electron chi connectivity index (χ4n) is 2.00. The lowest BCUT2D eigenvalue weighted by atomic mass is 10.2. The van der Waals surface area contributed by atoms with E-state index in [2.05, 4.69) is 44.1 Å². The summed E-state index contributed by atoms with van der Waals surface area (Å²) in [6, 6.07) is 2.81. The van der Waals surface area contributed by atoms with E-state index in [9.17, 15) is 0 Å². The minimum Gasteiger partial charge on any atom is -0.362 e. The summed E-state index contributed by atoms with van der Waals surface area (Å²) >= 11 is 3.72. The Kier molecular flexibility index (Phi) is 4.15. The molecular formula is C13H20N2S2. The van der Waals surface area contributed by atoms with Crippen LogP contribution in [0.2, 0.25) is 0 Å². The van der Waals surface area contributed by atoms with Gasteiger partial charge in [-0.3, -0.25) is 4.99 Å². The van der Waals surface area contributed by atoms with Crippen molar-refractivity contribution in [1.82, 2.24) is 5.32 Å². The Morgan fingerprint density at radius 2 is 2.18 bits per heavy atom. The van der Waals surface area contributed by atoms with Crippen molar-refractivity contribution in [3.63, 3.8) is 0 Å². The maximum absolute atomic E-state index is 4.69. The average Bonchev–Trinajstić information content (AvgIpc) is 2.54. The van der Waals surface area contributed by atoms with Crippen LogP contribution in [0.25, 0.3) is 0 Å². The Labute approximate surface area is 112 Å². The zero-order chi connectivity index (χ0) is 12.4. The van der Waals surface area contributed by atoms with E-state index in [-0.39, 0.29) is 0 Å². The molecule has 2 atom stereocenters. The average molecular weight is 268 g/mol. The Morgan fingerprint density at radius 1 is 1.41 bits per heavy atom. The van der Waals surface area contributed by atoms with Gasteiger partial charge in [0.15, 0.2) is 5.17 Å². The highest BCUT2D eigenvalue weighted by molar-refractivity contribution is 8.14. The molecular weight excluding hydrogens is 248 g/mol. The van der Waals surface area contributed by atoms with Crippen LogP contribution in [0.15, 0.2) is 11.1 Å². The second-order valence-corrected chi connectivity index (χ2v) is 7.55. The molecule has 0 radical (unpaired) electrons. The molecule has 1 fully saturated rings. The Balaban J connectivity index is 2.00. The first-order valence-corrected chi connectivity index (χ1v) is 7.77. The van der Waals surface area contributed by atoms with Crippen molar-refractivity contribution < 1.29 is 0 Å². The first-order valence-electron chi connectivity index (χ1n) is 6.08. The zero-order valence-electron chi connectivity index (χ0n) is 10.9. The van der Waals surface area contributed by atoms with Crippen molar-refractivity contribution in [1.29, 1.82) is 0 Å². The lowest BCUT2D eigenvalue weighted by molar-refractivity contribution is 0.597. The highest BCUT2D eigenvalue weighted by atomic mass is 32.2. The number of rotatable bonds is 2. The Bertz CT molecular complexity index is 392. The summed E-state index contributed by atoms with van der Waals surface area (Å²) in [7, 11) is 0. The van der Waals surface area contributed by atoms with Crippen molar-refractivity contribution in [3.05, 3.63) is 21.4 Å². The van der Waals surface area contributed by atoms with Gasteiger partial charge in [0.2, 0.25) is 0 Å². The molecule has 4 heteroatoms. The molecule has 2 nitrogen and oxygen atoms in total. The molecule has 1 aromatic rings. The Morgan fingerprint density at radius 3 is 2.76 bits per heavy atom. The van der Waals surface area contributed by atoms with Gasteiger partial charge in [-0.05, 0) is 38.8 Å². The summed E-state index contributed by atoms with van der Waals surface area (Å²) in [5, 5.41) is 5.24. The molecule has 0 bridgehead atoms. The van der Waals surface area contributed by atoms with Crippen LogP contribution in [0.5, 0.6) is 0 Å². The molecule has 0 amide bonds. The van der Waals surface area contributed by atoms with Crippen molar-refractivity contribution >= 4 is 28.3 Å². The van der Waals surface area contributed by atoms with Crippen LogP contribution in [0, 0.1) is 13.8 Å². The van der Waals surface area contributed by atoms with Gasteiger partial charge in [0, 0.05) is 21.0 Å². The summed E-state index contributed by atoms with van der Waals surface area (Å²) in [6.07, 6.45) is 1.22. The smallest absolute Gasteiger partial charge is 0.157 e. The number of hydrogen-bond acceptors (Lipinski definition) is 3. The van der Waals surface area contributed by atoms with Gasteiger partial charge < -0.3 is 5.32 Å². The number of aryl methyl sites for hydroxylation is 2. The summed E-state index contributed by atoms with van der Waals surface area (Å²) in [6.45, 7) is 9.66. The third-order valence-electron chi connectivity index (χ3n) is 2.96. The molecule has 1 aliphatic rings. The molecule has 1 aromatic heterocycles. The van der Waals surface area contributed by atoms with E-state index in [1.165, 1.54) is 21.7 Å². The fraction of sp³-hybridized carbons (Fsp3) is 0.615. The van der Waals surface area contributed by atoms with Crippen molar-refractivity contribution in [2.24, 2.45) is 4.99 Å². The van der Waals surface area contributed by atoms with E-state index in [1.807, 2.05) is 23.1 Å².